The Labute approximate surface area is 213 Å². The number of nitrogens with two attached hydrogens (primary N) is 1. The molecule has 0 saturated carbocycles. The van der Waals surface area contributed by atoms with E-state index < -0.39 is 22.4 Å². The fourth-order valence-corrected chi connectivity index (χ4v) is 5.89. The van der Waals surface area contributed by atoms with Crippen molar-refractivity contribution in [2.45, 2.75) is 17.8 Å². The van der Waals surface area contributed by atoms with Crippen molar-refractivity contribution in [1.82, 2.24) is 15.2 Å². The maximum absolute atomic E-state index is 12.9. The monoisotopic (exact) mass is 491 g/mol. The molecule has 2 saturated heterocycles. The number of thiocarbonyl (C=S) groups is 1. The van der Waals surface area contributed by atoms with Crippen LogP contribution in [0.3, 0.4) is 0 Å². The van der Waals surface area contributed by atoms with Gasteiger partial charge in [0, 0.05) is 29.4 Å². The molecule has 3 aliphatic rings. The Balaban J connectivity index is 0.00000272. The van der Waals surface area contributed by atoms with Gasteiger partial charge in [0.15, 0.2) is 10.8 Å². The fourth-order valence-electron chi connectivity index (χ4n) is 3.66. The van der Waals surface area contributed by atoms with E-state index in [0.717, 1.165) is 23.3 Å². The summed E-state index contributed by atoms with van der Waals surface area (Å²) in [6, 6.07) is -0.814. The maximum atomic E-state index is 12.9. The first-order chi connectivity index (χ1) is 14.4. The topological polar surface area (TPSA) is 142 Å². The number of nitrogen functional groups attached to an aromatic ring is 1. The van der Waals surface area contributed by atoms with Crippen LogP contribution < -0.4 is 45.7 Å². The Hall–Kier alpha value is -1.22. The zero-order valence-corrected chi connectivity index (χ0v) is 21.3. The molecular formula is C17H18N5NaO5S3. The summed E-state index contributed by atoms with van der Waals surface area (Å²) < 4.78 is 5.42. The molecular weight excluding hydrogens is 473 g/mol. The molecule has 3 aliphatic heterocycles. The van der Waals surface area contributed by atoms with Gasteiger partial charge in [0.2, 0.25) is 0 Å². The standard InChI is InChI=1S/C17H19N5O5S3.Na/c1-26-21-10(9-6-30-17(18)19-9)13(23)20-11-14(24)22-12(16(25)28)8(5-29-15(11)22)7-2-3-27-4-7;/h6-7,11,15H,2-5H2,1H3,(H2,18,19)(H,20,23)(H,25,28);/q;+1/p-1/b21-10-;/t7?,11?,15-;/m1./s1. The molecule has 2 unspecified atom stereocenters. The van der Waals surface area contributed by atoms with E-state index >= 15 is 0 Å². The van der Waals surface area contributed by atoms with Crippen molar-refractivity contribution in [3.05, 3.63) is 22.3 Å². The van der Waals surface area contributed by atoms with Crippen LogP contribution in [0, 0.1) is 5.92 Å². The number of amides is 2. The predicted octanol–water partition coefficient (Wildman–Crippen LogP) is -3.54. The zero-order valence-electron chi connectivity index (χ0n) is 16.8. The van der Waals surface area contributed by atoms with E-state index in [1.54, 1.807) is 5.38 Å². The minimum Gasteiger partial charge on any atom is -0.863 e. The van der Waals surface area contributed by atoms with Crippen molar-refractivity contribution in [3.8, 4) is 0 Å². The van der Waals surface area contributed by atoms with Crippen LogP contribution in [0.2, 0.25) is 0 Å². The second-order valence-electron chi connectivity index (χ2n) is 6.78. The maximum Gasteiger partial charge on any atom is 1.00 e. The number of rotatable bonds is 6. The first-order valence-corrected chi connectivity index (χ1v) is 11.4. The number of nitrogens with zero attached hydrogens (tertiary/aromatic N) is 3. The average Bonchev–Trinajstić information content (AvgIpc) is 3.40. The van der Waals surface area contributed by atoms with Crippen LogP contribution in [0.1, 0.15) is 12.1 Å². The van der Waals surface area contributed by atoms with E-state index in [2.05, 4.69) is 15.5 Å². The number of nitrogens with one attached hydrogen (secondary N) is 1. The van der Waals surface area contributed by atoms with Gasteiger partial charge in [-0.2, -0.15) is 0 Å². The van der Waals surface area contributed by atoms with Crippen molar-refractivity contribution in [1.29, 1.82) is 0 Å². The third-order valence-electron chi connectivity index (χ3n) is 5.06. The van der Waals surface area contributed by atoms with Crippen LogP contribution in [0.25, 0.3) is 0 Å². The molecule has 0 aromatic carbocycles. The van der Waals surface area contributed by atoms with Crippen molar-refractivity contribution >= 4 is 63.0 Å². The number of thiazole rings is 1. The van der Waals surface area contributed by atoms with E-state index in [0.29, 0.717) is 19.0 Å². The molecule has 0 bridgehead atoms. The number of carbonyl (C=O) groups is 2. The van der Waals surface area contributed by atoms with Crippen LogP contribution in [0.15, 0.2) is 21.8 Å². The van der Waals surface area contributed by atoms with E-state index in [-0.39, 0.29) is 63.6 Å². The zero-order chi connectivity index (χ0) is 21.4. The molecule has 0 radical (unpaired) electrons. The predicted molar refractivity (Wildman–Crippen MR) is 114 cm³/mol. The minimum absolute atomic E-state index is 0. The Morgan fingerprint density at radius 3 is 2.90 bits per heavy atom. The molecule has 3 atom stereocenters. The third kappa shape index (κ3) is 4.63. The van der Waals surface area contributed by atoms with E-state index in [9.17, 15) is 14.7 Å². The van der Waals surface area contributed by atoms with Gasteiger partial charge in [0.1, 0.15) is 24.2 Å². The summed E-state index contributed by atoms with van der Waals surface area (Å²) in [6.45, 7) is 1.14. The van der Waals surface area contributed by atoms with Gasteiger partial charge in [-0.05, 0) is 17.0 Å². The van der Waals surface area contributed by atoms with E-state index in [1.807, 2.05) is 0 Å². The van der Waals surface area contributed by atoms with Gasteiger partial charge in [0.25, 0.3) is 11.8 Å². The number of oxime groups is 1. The molecule has 10 nitrogen and oxygen atoms in total. The summed E-state index contributed by atoms with van der Waals surface area (Å²) in [5.74, 6) is -0.378. The first-order valence-electron chi connectivity index (χ1n) is 9.02. The van der Waals surface area contributed by atoms with Crippen molar-refractivity contribution in [2.75, 3.05) is 31.8 Å². The number of ether oxygens (including phenoxy) is 1. The SMILES string of the molecule is CO/N=C(\C(=O)NC1C(=O)N2C(C([O-])=S)=C(C3CCOC3)CS[C@H]12)c1csc(N)n1.[Na+]. The van der Waals surface area contributed by atoms with Gasteiger partial charge < -0.3 is 25.7 Å². The summed E-state index contributed by atoms with van der Waals surface area (Å²) in [5, 5.41) is 19.4. The summed E-state index contributed by atoms with van der Waals surface area (Å²) >= 11 is 7.55. The molecule has 1 aromatic heterocycles. The Morgan fingerprint density at radius 2 is 2.32 bits per heavy atom. The molecule has 0 spiro atoms. The number of aromatic nitrogens is 1. The van der Waals surface area contributed by atoms with Crippen LogP contribution >= 0.6 is 35.3 Å². The second kappa shape index (κ2) is 10.1. The summed E-state index contributed by atoms with van der Waals surface area (Å²) in [4.78, 5) is 35.8. The van der Waals surface area contributed by atoms with Gasteiger partial charge >= 0.3 is 29.6 Å². The van der Waals surface area contributed by atoms with Gasteiger partial charge in [0.05, 0.1) is 6.61 Å². The van der Waals surface area contributed by atoms with Crippen LogP contribution in [-0.2, 0) is 19.2 Å². The molecule has 160 valence electrons. The van der Waals surface area contributed by atoms with Crippen molar-refractivity contribution in [2.24, 2.45) is 11.1 Å². The van der Waals surface area contributed by atoms with Crippen LogP contribution in [0.5, 0.6) is 0 Å². The fraction of sp³-hybridized carbons (Fsp3) is 0.471. The number of carbonyl (C=O) groups excluding carboxylic acids is 2. The van der Waals surface area contributed by atoms with Gasteiger partial charge in [-0.15, -0.1) is 23.1 Å². The largest absolute Gasteiger partial charge is 1.00 e. The van der Waals surface area contributed by atoms with Crippen molar-refractivity contribution < 1.29 is 53.8 Å². The third-order valence-corrected chi connectivity index (χ3v) is 7.23. The van der Waals surface area contributed by atoms with Gasteiger partial charge in [-0.3, -0.25) is 14.5 Å². The molecule has 4 rings (SSSR count). The molecule has 14 heteroatoms. The molecule has 3 N–H and O–H groups in total. The van der Waals surface area contributed by atoms with E-state index in [1.165, 1.54) is 23.8 Å². The average molecular weight is 492 g/mol. The number of hydrogen-bond acceptors (Lipinski definition) is 11. The summed E-state index contributed by atoms with van der Waals surface area (Å²) in [6.07, 6.45) is 0.794. The number of β-lactam (4-membered cyclic amide) rings is 1. The number of anilines is 1. The van der Waals surface area contributed by atoms with E-state index in [4.69, 9.17) is 27.5 Å². The quantitative estimate of drug-likeness (QED) is 0.136. The normalized spacial score (nSPS) is 25.5. The Morgan fingerprint density at radius 1 is 1.55 bits per heavy atom. The first kappa shape index (κ1) is 24.4. The molecule has 1 aromatic rings. The summed E-state index contributed by atoms with van der Waals surface area (Å²) in [7, 11) is 1.30. The molecule has 2 amide bonds. The van der Waals surface area contributed by atoms with Gasteiger partial charge in [-0.25, -0.2) is 4.98 Å². The molecule has 2 fully saturated rings. The summed E-state index contributed by atoms with van der Waals surface area (Å²) in [5.41, 5.74) is 6.91. The minimum atomic E-state index is -0.814. The van der Waals surface area contributed by atoms with Crippen LogP contribution in [0.4, 0.5) is 5.13 Å². The molecule has 0 aliphatic carbocycles. The Kier molecular flexibility index (Phi) is 8.00. The molecule has 4 heterocycles. The van der Waals surface area contributed by atoms with Gasteiger partial charge in [-0.1, -0.05) is 17.4 Å². The smallest absolute Gasteiger partial charge is 0.863 e. The Bertz CT molecular complexity index is 962. The number of hydrogen-bond donors (Lipinski definition) is 2. The number of thioether (sulfide) groups is 1. The van der Waals surface area contributed by atoms with Crippen LogP contribution in [-0.4, -0.2) is 70.0 Å². The van der Waals surface area contributed by atoms with Crippen molar-refractivity contribution in [3.63, 3.8) is 0 Å². The molecule has 31 heavy (non-hydrogen) atoms. The number of fused-ring (bicyclic) bond motifs is 1. The second-order valence-corrected chi connectivity index (χ2v) is 9.14.